The normalized spacial score (nSPS) is 25.5. The molecular weight excluding hydrogens is 370 g/mol. The highest BCUT2D eigenvalue weighted by atomic mass is 16.5. The van der Waals surface area contributed by atoms with E-state index in [4.69, 9.17) is 9.15 Å². The highest BCUT2D eigenvalue weighted by Gasteiger charge is 2.44. The van der Waals surface area contributed by atoms with Gasteiger partial charge >= 0.3 is 5.63 Å². The van der Waals surface area contributed by atoms with Crippen LogP contribution < -0.4 is 10.4 Å². The second kappa shape index (κ2) is 7.48. The average Bonchev–Trinajstić information content (AvgIpc) is 2.69. The number of hydrogen-bond donors (Lipinski definition) is 1. The Kier molecular flexibility index (Phi) is 5.15. The lowest BCUT2D eigenvalue weighted by Crippen LogP contribution is -2.56. The first-order valence-electron chi connectivity index (χ1n) is 10.5. The fourth-order valence-electron chi connectivity index (χ4n) is 4.90. The molecule has 1 aliphatic carbocycles. The van der Waals surface area contributed by atoms with Crippen LogP contribution in [0, 0.1) is 19.8 Å². The van der Waals surface area contributed by atoms with Crippen LogP contribution in [0.4, 0.5) is 0 Å². The van der Waals surface area contributed by atoms with Crippen LogP contribution in [0.15, 0.2) is 27.4 Å². The van der Waals surface area contributed by atoms with Crippen LogP contribution in [-0.2, 0) is 4.79 Å². The number of fused-ring (bicyclic) bond motifs is 2. The summed E-state index contributed by atoms with van der Waals surface area (Å²) in [6, 6.07) is 5.15. The Bertz CT molecular complexity index is 997. The monoisotopic (exact) mass is 399 g/mol. The van der Waals surface area contributed by atoms with Crippen LogP contribution in [0.25, 0.3) is 11.0 Å². The van der Waals surface area contributed by atoms with Gasteiger partial charge in [-0.2, -0.15) is 0 Å². The minimum Gasteiger partial charge on any atom is -0.480 e. The van der Waals surface area contributed by atoms with Crippen molar-refractivity contribution in [2.24, 2.45) is 5.92 Å². The molecule has 29 heavy (non-hydrogen) atoms. The third-order valence-corrected chi connectivity index (χ3v) is 6.71. The Morgan fingerprint density at radius 3 is 2.90 bits per heavy atom. The molecule has 2 aromatic rings. The minimum atomic E-state index is -0.655. The largest absolute Gasteiger partial charge is 0.480 e. The van der Waals surface area contributed by atoms with E-state index in [1.165, 1.54) is 6.07 Å². The van der Waals surface area contributed by atoms with Crippen LogP contribution >= 0.6 is 0 Å². The Balaban J connectivity index is 1.51. The Hall–Kier alpha value is -2.34. The lowest BCUT2D eigenvalue weighted by atomic mass is 9.71. The molecule has 0 spiro atoms. The number of nitrogens with zero attached hydrogens (tertiary/aromatic N) is 1. The van der Waals surface area contributed by atoms with Gasteiger partial charge < -0.3 is 19.2 Å². The first kappa shape index (κ1) is 20.0. The maximum absolute atomic E-state index is 13.0. The predicted molar refractivity (Wildman–Crippen MR) is 110 cm³/mol. The summed E-state index contributed by atoms with van der Waals surface area (Å²) in [5.41, 5.74) is 1.06. The standard InChI is InChI=1S/C23H29NO5/c1-14-12-20(25)29-21-15(2)19(8-7-18(14)21)28-16(3)22(26)24-11-10-23(27)9-5-4-6-17(23)13-24/h7-8,12,16-17,27H,4-6,9-11,13H2,1-3H3/t16-,17-,23+/m1/s1. The van der Waals surface area contributed by atoms with E-state index in [0.717, 1.165) is 36.6 Å². The zero-order chi connectivity index (χ0) is 20.8. The minimum absolute atomic E-state index is 0.0668. The van der Waals surface area contributed by atoms with E-state index in [1.807, 2.05) is 30.9 Å². The Morgan fingerprint density at radius 2 is 2.10 bits per heavy atom. The molecule has 0 bridgehead atoms. The fourth-order valence-corrected chi connectivity index (χ4v) is 4.90. The second-order valence-corrected chi connectivity index (χ2v) is 8.65. The maximum atomic E-state index is 13.0. The summed E-state index contributed by atoms with van der Waals surface area (Å²) in [6.07, 6.45) is 3.97. The topological polar surface area (TPSA) is 80.0 Å². The van der Waals surface area contributed by atoms with Crippen LogP contribution in [0.1, 0.15) is 50.2 Å². The summed E-state index contributed by atoms with van der Waals surface area (Å²) in [4.78, 5) is 26.6. The van der Waals surface area contributed by atoms with E-state index in [9.17, 15) is 14.7 Å². The fraction of sp³-hybridized carbons (Fsp3) is 0.565. The van der Waals surface area contributed by atoms with Gasteiger partial charge in [0.15, 0.2) is 6.10 Å². The highest BCUT2D eigenvalue weighted by molar-refractivity contribution is 5.85. The number of aliphatic hydroxyl groups is 1. The molecule has 1 saturated carbocycles. The summed E-state index contributed by atoms with van der Waals surface area (Å²) in [7, 11) is 0. The van der Waals surface area contributed by atoms with Crippen molar-refractivity contribution >= 4 is 16.9 Å². The third-order valence-electron chi connectivity index (χ3n) is 6.71. The molecule has 1 saturated heterocycles. The van der Waals surface area contributed by atoms with E-state index in [0.29, 0.717) is 36.4 Å². The number of piperidine rings is 1. The first-order chi connectivity index (χ1) is 13.8. The van der Waals surface area contributed by atoms with E-state index in [1.54, 1.807) is 6.92 Å². The van der Waals surface area contributed by atoms with Crippen molar-refractivity contribution in [2.75, 3.05) is 13.1 Å². The van der Waals surface area contributed by atoms with Crippen molar-refractivity contribution < 1.29 is 19.1 Å². The summed E-state index contributed by atoms with van der Waals surface area (Å²) in [6.45, 7) is 6.60. The van der Waals surface area contributed by atoms with E-state index < -0.39 is 17.3 Å². The zero-order valence-electron chi connectivity index (χ0n) is 17.4. The number of amides is 1. The number of likely N-dealkylation sites (tertiary alicyclic amines) is 1. The quantitative estimate of drug-likeness (QED) is 0.801. The zero-order valence-corrected chi connectivity index (χ0v) is 17.4. The summed E-state index contributed by atoms with van der Waals surface area (Å²) in [5, 5.41) is 11.7. The van der Waals surface area contributed by atoms with Gasteiger partial charge in [0.25, 0.3) is 5.91 Å². The molecular formula is C23H29NO5. The molecule has 1 N–H and O–H groups in total. The lowest BCUT2D eigenvalue weighted by Gasteiger charge is -2.47. The molecule has 1 aliphatic heterocycles. The Morgan fingerprint density at radius 1 is 1.31 bits per heavy atom. The molecule has 6 heteroatoms. The molecule has 2 fully saturated rings. The van der Waals surface area contributed by atoms with Crippen molar-refractivity contribution in [3.63, 3.8) is 0 Å². The van der Waals surface area contributed by atoms with Gasteiger partial charge in [-0.25, -0.2) is 4.79 Å². The molecule has 0 radical (unpaired) electrons. The van der Waals surface area contributed by atoms with Gasteiger partial charge in [0, 0.05) is 36.0 Å². The number of aryl methyl sites for hydroxylation is 2. The van der Waals surface area contributed by atoms with E-state index in [2.05, 4.69) is 0 Å². The number of hydrogen-bond acceptors (Lipinski definition) is 5. The molecule has 6 nitrogen and oxygen atoms in total. The lowest BCUT2D eigenvalue weighted by molar-refractivity contribution is -0.149. The maximum Gasteiger partial charge on any atom is 0.336 e. The van der Waals surface area contributed by atoms with Gasteiger partial charge in [0.1, 0.15) is 11.3 Å². The van der Waals surface area contributed by atoms with Crippen molar-refractivity contribution in [1.82, 2.24) is 4.90 Å². The van der Waals surface area contributed by atoms with Crippen LogP contribution in [0.2, 0.25) is 0 Å². The van der Waals surface area contributed by atoms with Crippen LogP contribution in [0.3, 0.4) is 0 Å². The van der Waals surface area contributed by atoms with Crippen LogP contribution in [-0.4, -0.2) is 40.7 Å². The van der Waals surface area contributed by atoms with Gasteiger partial charge in [-0.1, -0.05) is 12.8 Å². The third kappa shape index (κ3) is 3.66. The molecule has 2 aliphatic rings. The predicted octanol–water partition coefficient (Wildman–Crippen LogP) is 3.33. The van der Waals surface area contributed by atoms with Gasteiger partial charge in [0.05, 0.1) is 5.60 Å². The van der Waals surface area contributed by atoms with Crippen molar-refractivity contribution in [2.45, 2.75) is 64.6 Å². The molecule has 1 amide bonds. The Labute approximate surface area is 170 Å². The van der Waals surface area contributed by atoms with Crippen LogP contribution in [0.5, 0.6) is 5.75 Å². The van der Waals surface area contributed by atoms with Gasteiger partial charge in [0.2, 0.25) is 0 Å². The second-order valence-electron chi connectivity index (χ2n) is 8.65. The number of rotatable bonds is 3. The molecule has 2 heterocycles. The van der Waals surface area contributed by atoms with E-state index in [-0.39, 0.29) is 11.8 Å². The number of ether oxygens (including phenoxy) is 1. The number of benzene rings is 1. The molecule has 4 rings (SSSR count). The smallest absolute Gasteiger partial charge is 0.336 e. The van der Waals surface area contributed by atoms with Gasteiger partial charge in [-0.15, -0.1) is 0 Å². The molecule has 0 unspecified atom stereocenters. The first-order valence-corrected chi connectivity index (χ1v) is 10.5. The SMILES string of the molecule is Cc1cc(=O)oc2c(C)c(O[C@H](C)C(=O)N3CC[C@@]4(O)CCCC[C@@H]4C3)ccc12. The van der Waals surface area contributed by atoms with Gasteiger partial charge in [-0.3, -0.25) is 4.79 Å². The van der Waals surface area contributed by atoms with Crippen molar-refractivity contribution in [3.8, 4) is 5.75 Å². The number of carbonyl (C=O) groups excluding carboxylic acids is 1. The summed E-state index contributed by atoms with van der Waals surface area (Å²) in [5.74, 6) is 0.627. The highest BCUT2D eigenvalue weighted by Crippen LogP contribution is 2.40. The van der Waals surface area contributed by atoms with E-state index >= 15 is 0 Å². The van der Waals surface area contributed by atoms with Crippen molar-refractivity contribution in [1.29, 1.82) is 0 Å². The molecule has 1 aromatic heterocycles. The van der Waals surface area contributed by atoms with Gasteiger partial charge in [-0.05, 0) is 57.7 Å². The molecule has 3 atom stereocenters. The average molecular weight is 399 g/mol. The summed E-state index contributed by atoms with van der Waals surface area (Å²) < 4.78 is 11.4. The molecule has 1 aromatic carbocycles. The van der Waals surface area contributed by atoms with Crippen molar-refractivity contribution in [3.05, 3.63) is 39.7 Å². The summed E-state index contributed by atoms with van der Waals surface area (Å²) >= 11 is 0. The molecule has 156 valence electrons. The number of carbonyl (C=O) groups is 1.